The molecule has 1 aliphatic rings. The minimum Gasteiger partial charge on any atom is -0.304 e. The van der Waals surface area contributed by atoms with Gasteiger partial charge < -0.3 is 5.32 Å². The Hall–Kier alpha value is -1.78. The first kappa shape index (κ1) is 16.1. The smallest absolute Gasteiger partial charge is 0.239 e. The van der Waals surface area contributed by atoms with Crippen molar-refractivity contribution in [1.29, 1.82) is 0 Å². The molecule has 1 fully saturated rings. The first-order valence-electron chi connectivity index (χ1n) is 7.53. The van der Waals surface area contributed by atoms with Crippen LogP contribution in [0.4, 0.5) is 5.69 Å². The lowest BCUT2D eigenvalue weighted by Gasteiger charge is -2.05. The van der Waals surface area contributed by atoms with Gasteiger partial charge in [-0.3, -0.25) is 4.79 Å². The van der Waals surface area contributed by atoms with E-state index in [1.165, 1.54) is 17.3 Å². The molecule has 118 valence electrons. The number of carbonyl (C=O) groups excluding carboxylic acids is 1. The summed E-state index contributed by atoms with van der Waals surface area (Å²) in [7, 11) is 0. The molecule has 1 saturated heterocycles. The number of rotatable bonds is 4. The summed E-state index contributed by atoms with van der Waals surface area (Å²) in [6.07, 6.45) is 1.65. The topological polar surface area (TPSA) is 41.5 Å². The zero-order valence-corrected chi connectivity index (χ0v) is 14.3. The Bertz CT molecular complexity index is 743. The van der Waals surface area contributed by atoms with E-state index in [2.05, 4.69) is 29.4 Å². The fraction of sp³-hybridized carbons (Fsp3) is 0.222. The number of nitrogens with zero attached hydrogens (tertiary/aromatic N) is 1. The summed E-state index contributed by atoms with van der Waals surface area (Å²) in [5.74, 6) is -0.00101. The van der Waals surface area contributed by atoms with E-state index in [9.17, 15) is 4.79 Å². The lowest BCUT2D eigenvalue weighted by atomic mass is 10.1. The highest BCUT2D eigenvalue weighted by Crippen LogP contribution is 2.26. The third-order valence-corrected chi connectivity index (χ3v) is 4.98. The Balaban J connectivity index is 1.70. The first-order chi connectivity index (χ1) is 11.1. The number of hydrogen-bond donors (Lipinski definition) is 1. The number of nitrogens with one attached hydrogen (secondary N) is 1. The monoisotopic (exact) mass is 344 g/mol. The number of thioether (sulfide) groups is 1. The van der Waals surface area contributed by atoms with Gasteiger partial charge in [0, 0.05) is 5.02 Å². The molecule has 3 rings (SSSR count). The van der Waals surface area contributed by atoms with Crippen molar-refractivity contribution in [3.8, 4) is 0 Å². The number of halogens is 1. The van der Waals surface area contributed by atoms with Crippen molar-refractivity contribution in [2.24, 2.45) is 4.99 Å². The van der Waals surface area contributed by atoms with Crippen molar-refractivity contribution < 1.29 is 4.79 Å². The third-order valence-electron chi connectivity index (χ3n) is 3.66. The molecule has 1 aliphatic heterocycles. The SMILES string of the molecule is CCc1ccc(N=C2NC(=O)[C@H](Cc3cccc(Cl)c3)S2)cc1. The average molecular weight is 345 g/mol. The molecule has 0 aromatic heterocycles. The van der Waals surface area contributed by atoms with Crippen LogP contribution in [0.25, 0.3) is 0 Å². The van der Waals surface area contributed by atoms with Gasteiger partial charge in [-0.1, -0.05) is 54.6 Å². The molecule has 2 aromatic carbocycles. The van der Waals surface area contributed by atoms with Crippen LogP contribution in [0, 0.1) is 0 Å². The van der Waals surface area contributed by atoms with E-state index >= 15 is 0 Å². The highest BCUT2D eigenvalue weighted by Gasteiger charge is 2.30. The zero-order chi connectivity index (χ0) is 16.2. The van der Waals surface area contributed by atoms with Gasteiger partial charge in [-0.2, -0.15) is 0 Å². The van der Waals surface area contributed by atoms with E-state index in [4.69, 9.17) is 11.6 Å². The van der Waals surface area contributed by atoms with Crippen LogP contribution in [-0.4, -0.2) is 16.3 Å². The Morgan fingerprint density at radius 1 is 1.17 bits per heavy atom. The maximum absolute atomic E-state index is 12.1. The highest BCUT2D eigenvalue weighted by molar-refractivity contribution is 8.15. The molecule has 0 saturated carbocycles. The van der Waals surface area contributed by atoms with Crippen molar-refractivity contribution in [2.45, 2.75) is 25.0 Å². The largest absolute Gasteiger partial charge is 0.304 e. The quantitative estimate of drug-likeness (QED) is 0.895. The van der Waals surface area contributed by atoms with E-state index in [1.807, 2.05) is 36.4 Å². The van der Waals surface area contributed by atoms with Gasteiger partial charge >= 0.3 is 0 Å². The van der Waals surface area contributed by atoms with Crippen molar-refractivity contribution in [1.82, 2.24) is 5.32 Å². The minimum absolute atomic E-state index is 0.00101. The molecule has 3 nitrogen and oxygen atoms in total. The zero-order valence-electron chi connectivity index (χ0n) is 12.8. The number of benzene rings is 2. The lowest BCUT2D eigenvalue weighted by Crippen LogP contribution is -2.25. The van der Waals surface area contributed by atoms with Crippen LogP contribution in [0.5, 0.6) is 0 Å². The van der Waals surface area contributed by atoms with Crippen molar-refractivity contribution in [2.75, 3.05) is 0 Å². The van der Waals surface area contributed by atoms with Crippen LogP contribution in [0.1, 0.15) is 18.1 Å². The predicted molar refractivity (Wildman–Crippen MR) is 97.6 cm³/mol. The normalized spacial score (nSPS) is 19.1. The van der Waals surface area contributed by atoms with E-state index < -0.39 is 0 Å². The van der Waals surface area contributed by atoms with Crippen LogP contribution in [0.2, 0.25) is 5.02 Å². The van der Waals surface area contributed by atoms with Gasteiger partial charge in [0.25, 0.3) is 0 Å². The van der Waals surface area contributed by atoms with Crippen LogP contribution in [0.15, 0.2) is 53.5 Å². The fourth-order valence-electron chi connectivity index (χ4n) is 2.39. The maximum atomic E-state index is 12.1. The molecule has 0 spiro atoms. The Morgan fingerprint density at radius 2 is 1.96 bits per heavy atom. The van der Waals surface area contributed by atoms with E-state index in [-0.39, 0.29) is 11.2 Å². The predicted octanol–water partition coefficient (Wildman–Crippen LogP) is 4.36. The summed E-state index contributed by atoms with van der Waals surface area (Å²) in [6.45, 7) is 2.12. The van der Waals surface area contributed by atoms with Gasteiger partial charge in [0.2, 0.25) is 5.91 Å². The molecule has 1 heterocycles. The summed E-state index contributed by atoms with van der Waals surface area (Å²) in [4.78, 5) is 16.6. The summed E-state index contributed by atoms with van der Waals surface area (Å²) in [5.41, 5.74) is 3.18. The van der Waals surface area contributed by atoms with E-state index in [0.29, 0.717) is 16.6 Å². The second-order valence-corrected chi connectivity index (χ2v) is 6.99. The number of hydrogen-bond acceptors (Lipinski definition) is 3. The van der Waals surface area contributed by atoms with E-state index in [0.717, 1.165) is 17.7 Å². The van der Waals surface area contributed by atoms with Crippen LogP contribution in [0.3, 0.4) is 0 Å². The number of aryl methyl sites for hydroxylation is 1. The van der Waals surface area contributed by atoms with Crippen LogP contribution >= 0.6 is 23.4 Å². The van der Waals surface area contributed by atoms with Gasteiger partial charge in [0.15, 0.2) is 5.17 Å². The molecular formula is C18H17ClN2OS. The highest BCUT2D eigenvalue weighted by atomic mass is 35.5. The second-order valence-electron chi connectivity index (χ2n) is 5.37. The average Bonchev–Trinajstić information content (AvgIpc) is 2.87. The summed E-state index contributed by atoms with van der Waals surface area (Å²) in [5, 5.41) is 4.04. The molecule has 23 heavy (non-hydrogen) atoms. The Labute approximate surface area is 145 Å². The number of amidine groups is 1. The van der Waals surface area contributed by atoms with Gasteiger partial charge in [0.1, 0.15) is 0 Å². The Morgan fingerprint density at radius 3 is 2.65 bits per heavy atom. The number of carbonyl (C=O) groups is 1. The van der Waals surface area contributed by atoms with Crippen molar-refractivity contribution >= 4 is 40.1 Å². The standard InChI is InChI=1S/C18H17ClN2OS/c1-2-12-6-8-15(9-7-12)20-18-21-17(22)16(23-18)11-13-4-3-5-14(19)10-13/h3-10,16H,2,11H2,1H3,(H,20,21,22)/t16-/m0/s1. The Kier molecular flexibility index (Phi) is 5.03. The van der Waals surface area contributed by atoms with Crippen molar-refractivity contribution in [3.05, 3.63) is 64.7 Å². The molecule has 5 heteroatoms. The third kappa shape index (κ3) is 4.15. The molecule has 0 unspecified atom stereocenters. The summed E-state index contributed by atoms with van der Waals surface area (Å²) >= 11 is 7.47. The minimum atomic E-state index is -0.165. The van der Waals surface area contributed by atoms with Crippen LogP contribution < -0.4 is 5.32 Å². The summed E-state index contributed by atoms with van der Waals surface area (Å²) < 4.78 is 0. The second kappa shape index (κ2) is 7.20. The van der Waals surface area contributed by atoms with Crippen molar-refractivity contribution in [3.63, 3.8) is 0 Å². The van der Waals surface area contributed by atoms with Crippen LogP contribution in [-0.2, 0) is 17.6 Å². The molecule has 1 N–H and O–H groups in total. The molecule has 1 amide bonds. The molecule has 0 bridgehead atoms. The van der Waals surface area contributed by atoms with Gasteiger partial charge in [-0.25, -0.2) is 4.99 Å². The molecule has 0 aliphatic carbocycles. The van der Waals surface area contributed by atoms with Gasteiger partial charge in [-0.05, 0) is 48.2 Å². The number of amides is 1. The van der Waals surface area contributed by atoms with E-state index in [1.54, 1.807) is 0 Å². The molecule has 2 aromatic rings. The fourth-order valence-corrected chi connectivity index (χ4v) is 3.64. The maximum Gasteiger partial charge on any atom is 0.239 e. The first-order valence-corrected chi connectivity index (χ1v) is 8.79. The molecular weight excluding hydrogens is 328 g/mol. The number of aliphatic imine (C=N–C) groups is 1. The molecule has 0 radical (unpaired) electrons. The summed E-state index contributed by atoms with van der Waals surface area (Å²) in [6, 6.07) is 15.7. The van der Waals surface area contributed by atoms with Gasteiger partial charge in [-0.15, -0.1) is 0 Å². The van der Waals surface area contributed by atoms with Gasteiger partial charge in [0.05, 0.1) is 10.9 Å². The lowest BCUT2D eigenvalue weighted by molar-refractivity contribution is -0.118. The molecule has 1 atom stereocenters.